The number of hydrogen-bond acceptors (Lipinski definition) is 4. The fraction of sp³-hybridized carbons (Fsp3) is 0.316. The zero-order valence-corrected chi connectivity index (χ0v) is 14.2. The number of carbonyl (C=O) groups excluding carboxylic acids is 1. The van der Waals surface area contributed by atoms with Crippen LogP contribution < -0.4 is 14.8 Å². The molecule has 0 aromatic heterocycles. The SMILES string of the molecule is CCC(O)C(=O)NC(c1ccc(OC)cc1)c1ccccc1OC. The van der Waals surface area contributed by atoms with Crippen molar-refractivity contribution in [2.24, 2.45) is 0 Å². The molecule has 2 rings (SSSR count). The van der Waals surface area contributed by atoms with Gasteiger partial charge >= 0.3 is 0 Å². The average Bonchev–Trinajstić information content (AvgIpc) is 2.65. The molecule has 128 valence electrons. The van der Waals surface area contributed by atoms with Gasteiger partial charge in [0.15, 0.2) is 0 Å². The Morgan fingerprint density at radius 3 is 2.33 bits per heavy atom. The van der Waals surface area contributed by atoms with Crippen molar-refractivity contribution in [1.82, 2.24) is 5.32 Å². The van der Waals surface area contributed by atoms with Gasteiger partial charge in [-0.3, -0.25) is 4.79 Å². The smallest absolute Gasteiger partial charge is 0.249 e. The molecule has 2 N–H and O–H groups in total. The van der Waals surface area contributed by atoms with Gasteiger partial charge in [-0.15, -0.1) is 0 Å². The molecule has 0 heterocycles. The number of nitrogens with one attached hydrogen (secondary N) is 1. The number of carbonyl (C=O) groups is 1. The van der Waals surface area contributed by atoms with Crippen molar-refractivity contribution in [3.8, 4) is 11.5 Å². The molecule has 5 heteroatoms. The van der Waals surface area contributed by atoms with Crippen molar-refractivity contribution in [2.75, 3.05) is 14.2 Å². The van der Waals surface area contributed by atoms with E-state index in [-0.39, 0.29) is 0 Å². The van der Waals surface area contributed by atoms with Gasteiger partial charge in [-0.2, -0.15) is 0 Å². The van der Waals surface area contributed by atoms with Crippen molar-refractivity contribution >= 4 is 5.91 Å². The van der Waals surface area contributed by atoms with Crippen LogP contribution in [0, 0.1) is 0 Å². The lowest BCUT2D eigenvalue weighted by molar-refractivity contribution is -0.129. The van der Waals surface area contributed by atoms with E-state index in [9.17, 15) is 9.90 Å². The third-order valence-corrected chi connectivity index (χ3v) is 3.88. The predicted octanol–water partition coefficient (Wildman–Crippen LogP) is 2.68. The molecule has 0 saturated heterocycles. The molecule has 0 aliphatic rings. The highest BCUT2D eigenvalue weighted by Crippen LogP contribution is 2.31. The molecule has 2 unspecified atom stereocenters. The number of ether oxygens (including phenoxy) is 2. The van der Waals surface area contributed by atoms with Gasteiger partial charge in [0.05, 0.1) is 20.3 Å². The topological polar surface area (TPSA) is 67.8 Å². The lowest BCUT2D eigenvalue weighted by Gasteiger charge is -2.23. The number of methoxy groups -OCH3 is 2. The van der Waals surface area contributed by atoms with Crippen LogP contribution in [0.2, 0.25) is 0 Å². The first-order valence-corrected chi connectivity index (χ1v) is 7.86. The molecule has 0 aliphatic carbocycles. The molecule has 1 amide bonds. The van der Waals surface area contributed by atoms with Crippen LogP contribution in [0.4, 0.5) is 0 Å². The van der Waals surface area contributed by atoms with Gasteiger partial charge in [-0.1, -0.05) is 37.3 Å². The van der Waals surface area contributed by atoms with E-state index in [1.165, 1.54) is 0 Å². The van der Waals surface area contributed by atoms with E-state index < -0.39 is 18.1 Å². The molecule has 24 heavy (non-hydrogen) atoms. The van der Waals surface area contributed by atoms with Gasteiger partial charge in [0.25, 0.3) is 0 Å². The first-order valence-electron chi connectivity index (χ1n) is 7.86. The standard InChI is InChI=1S/C19H23NO4/c1-4-16(21)19(22)20-18(13-9-11-14(23-2)12-10-13)15-7-5-6-8-17(15)24-3/h5-12,16,18,21H,4H2,1-3H3,(H,20,22). The van der Waals surface area contributed by atoms with Crippen molar-refractivity contribution in [3.05, 3.63) is 59.7 Å². The van der Waals surface area contributed by atoms with Crippen molar-refractivity contribution in [3.63, 3.8) is 0 Å². The van der Waals surface area contributed by atoms with Gasteiger partial charge < -0.3 is 19.9 Å². The van der Waals surface area contributed by atoms with Crippen molar-refractivity contribution in [2.45, 2.75) is 25.5 Å². The number of rotatable bonds is 7. The lowest BCUT2D eigenvalue weighted by atomic mass is 9.97. The third kappa shape index (κ3) is 4.06. The Bertz CT molecular complexity index is 669. The summed E-state index contributed by atoms with van der Waals surface area (Å²) in [5, 5.41) is 12.7. The van der Waals surface area contributed by atoms with Crippen molar-refractivity contribution < 1.29 is 19.4 Å². The fourth-order valence-corrected chi connectivity index (χ4v) is 2.47. The van der Waals surface area contributed by atoms with Crippen LogP contribution in [0.3, 0.4) is 0 Å². The minimum atomic E-state index is -1.04. The summed E-state index contributed by atoms with van der Waals surface area (Å²) in [6.45, 7) is 1.76. The van der Waals surface area contributed by atoms with Crippen LogP contribution in [0.5, 0.6) is 11.5 Å². The second-order valence-electron chi connectivity index (χ2n) is 5.38. The summed E-state index contributed by atoms with van der Waals surface area (Å²) < 4.78 is 10.6. The summed E-state index contributed by atoms with van der Waals surface area (Å²) in [4.78, 5) is 12.2. The quantitative estimate of drug-likeness (QED) is 0.819. The molecule has 2 aromatic carbocycles. The summed E-state index contributed by atoms with van der Waals surface area (Å²) in [7, 11) is 3.19. The maximum atomic E-state index is 12.2. The number of aliphatic hydroxyl groups is 1. The van der Waals surface area contributed by atoms with Gasteiger partial charge in [-0.05, 0) is 30.2 Å². The van der Waals surface area contributed by atoms with E-state index >= 15 is 0 Å². The van der Waals surface area contributed by atoms with E-state index in [0.717, 1.165) is 16.9 Å². The molecular formula is C19H23NO4. The lowest BCUT2D eigenvalue weighted by Crippen LogP contribution is -2.37. The molecule has 0 saturated carbocycles. The largest absolute Gasteiger partial charge is 0.497 e. The highest BCUT2D eigenvalue weighted by atomic mass is 16.5. The molecule has 0 bridgehead atoms. The Balaban J connectivity index is 2.42. The van der Waals surface area contributed by atoms with E-state index in [1.807, 2.05) is 48.5 Å². The second kappa shape index (κ2) is 8.36. The summed E-state index contributed by atoms with van der Waals surface area (Å²) in [6, 6.07) is 14.5. The maximum Gasteiger partial charge on any atom is 0.249 e. The van der Waals surface area contributed by atoms with Crippen LogP contribution in [0.15, 0.2) is 48.5 Å². The summed E-state index contributed by atoms with van der Waals surface area (Å²) >= 11 is 0. The minimum Gasteiger partial charge on any atom is -0.497 e. The van der Waals surface area contributed by atoms with Crippen LogP contribution in [0.25, 0.3) is 0 Å². The fourth-order valence-electron chi connectivity index (χ4n) is 2.47. The van der Waals surface area contributed by atoms with E-state index in [0.29, 0.717) is 12.2 Å². The molecule has 5 nitrogen and oxygen atoms in total. The second-order valence-corrected chi connectivity index (χ2v) is 5.38. The van der Waals surface area contributed by atoms with Crippen molar-refractivity contribution in [1.29, 1.82) is 0 Å². The van der Waals surface area contributed by atoms with Crippen LogP contribution in [-0.2, 0) is 4.79 Å². The Morgan fingerprint density at radius 2 is 1.75 bits per heavy atom. The van der Waals surface area contributed by atoms with Gasteiger partial charge in [0.1, 0.15) is 17.6 Å². The number of para-hydroxylation sites is 1. The molecule has 0 radical (unpaired) electrons. The number of benzene rings is 2. The summed E-state index contributed by atoms with van der Waals surface area (Å²) in [6.07, 6.45) is -0.687. The Morgan fingerprint density at radius 1 is 1.08 bits per heavy atom. The van der Waals surface area contributed by atoms with Gasteiger partial charge in [0.2, 0.25) is 5.91 Å². The minimum absolute atomic E-state index is 0.354. The normalized spacial score (nSPS) is 13.0. The summed E-state index contributed by atoms with van der Waals surface area (Å²) in [5.41, 5.74) is 1.69. The predicted molar refractivity (Wildman–Crippen MR) is 92.3 cm³/mol. The Kier molecular flexibility index (Phi) is 6.21. The van der Waals surface area contributed by atoms with E-state index in [2.05, 4.69) is 5.32 Å². The van der Waals surface area contributed by atoms with Crippen LogP contribution >= 0.6 is 0 Å². The first-order chi connectivity index (χ1) is 11.6. The monoisotopic (exact) mass is 329 g/mol. The maximum absolute atomic E-state index is 12.2. The molecular weight excluding hydrogens is 306 g/mol. The number of amides is 1. The molecule has 0 aliphatic heterocycles. The van der Waals surface area contributed by atoms with Crippen LogP contribution in [0.1, 0.15) is 30.5 Å². The Hall–Kier alpha value is -2.53. The molecule has 2 atom stereocenters. The zero-order valence-electron chi connectivity index (χ0n) is 14.2. The van der Waals surface area contributed by atoms with Gasteiger partial charge in [0, 0.05) is 5.56 Å². The van der Waals surface area contributed by atoms with E-state index in [4.69, 9.17) is 9.47 Å². The highest BCUT2D eigenvalue weighted by molar-refractivity contribution is 5.81. The average molecular weight is 329 g/mol. The molecule has 2 aromatic rings. The first kappa shape index (κ1) is 17.8. The van der Waals surface area contributed by atoms with Crippen LogP contribution in [-0.4, -0.2) is 31.3 Å². The highest BCUT2D eigenvalue weighted by Gasteiger charge is 2.23. The Labute approximate surface area is 142 Å². The zero-order chi connectivity index (χ0) is 17.5. The summed E-state index contributed by atoms with van der Waals surface area (Å²) in [5.74, 6) is 0.992. The number of hydrogen-bond donors (Lipinski definition) is 2. The molecule has 0 fully saturated rings. The number of aliphatic hydroxyl groups excluding tert-OH is 1. The van der Waals surface area contributed by atoms with E-state index in [1.54, 1.807) is 21.1 Å². The van der Waals surface area contributed by atoms with Gasteiger partial charge in [-0.25, -0.2) is 0 Å². The molecule has 0 spiro atoms. The third-order valence-electron chi connectivity index (χ3n) is 3.88.